The van der Waals surface area contributed by atoms with Gasteiger partial charge in [0.2, 0.25) is 0 Å². The van der Waals surface area contributed by atoms with Crippen LogP contribution in [0.2, 0.25) is 5.15 Å². The van der Waals surface area contributed by atoms with Gasteiger partial charge in [0.05, 0.1) is 17.4 Å². The van der Waals surface area contributed by atoms with E-state index in [9.17, 15) is 0 Å². The summed E-state index contributed by atoms with van der Waals surface area (Å²) in [7, 11) is 3.75. The van der Waals surface area contributed by atoms with Gasteiger partial charge in [0, 0.05) is 20.3 Å². The number of hydrazone groups is 1. The van der Waals surface area contributed by atoms with Crippen LogP contribution >= 0.6 is 11.6 Å². The third kappa shape index (κ3) is 1.67. The Labute approximate surface area is 99.5 Å². The molecular formula is C10H14ClN5. The number of anilines is 2. The van der Waals surface area contributed by atoms with Gasteiger partial charge >= 0.3 is 0 Å². The van der Waals surface area contributed by atoms with Crippen molar-refractivity contribution in [2.45, 2.75) is 13.0 Å². The minimum absolute atomic E-state index is 0.127. The van der Waals surface area contributed by atoms with Gasteiger partial charge in [-0.3, -0.25) is 0 Å². The second-order valence-electron chi connectivity index (χ2n) is 3.63. The average Bonchev–Trinajstić information content (AvgIpc) is 2.25. The van der Waals surface area contributed by atoms with Gasteiger partial charge in [-0.15, -0.1) is 0 Å². The SMILES string of the molecule is CN/N=C1\Nc2ccnc(Cl)c2N(C)C1C. The lowest BCUT2D eigenvalue weighted by Gasteiger charge is -2.35. The lowest BCUT2D eigenvalue weighted by Crippen LogP contribution is -2.45. The van der Waals surface area contributed by atoms with Crippen molar-refractivity contribution < 1.29 is 0 Å². The fraction of sp³-hybridized carbons (Fsp3) is 0.400. The highest BCUT2D eigenvalue weighted by atomic mass is 35.5. The predicted molar refractivity (Wildman–Crippen MR) is 67.2 cm³/mol. The molecular weight excluding hydrogens is 226 g/mol. The van der Waals surface area contributed by atoms with Crippen LogP contribution in [0, 0.1) is 0 Å². The maximum atomic E-state index is 6.08. The molecule has 0 radical (unpaired) electrons. The summed E-state index contributed by atoms with van der Waals surface area (Å²) in [6, 6.07) is 2.01. The number of aromatic nitrogens is 1. The van der Waals surface area contributed by atoms with Gasteiger partial charge in [-0.1, -0.05) is 11.6 Å². The highest BCUT2D eigenvalue weighted by Crippen LogP contribution is 2.35. The monoisotopic (exact) mass is 239 g/mol. The van der Waals surface area contributed by atoms with E-state index in [1.54, 1.807) is 13.2 Å². The number of nitrogens with one attached hydrogen (secondary N) is 2. The minimum Gasteiger partial charge on any atom is -0.360 e. The second kappa shape index (κ2) is 4.17. The van der Waals surface area contributed by atoms with E-state index in [2.05, 4.69) is 32.7 Å². The van der Waals surface area contributed by atoms with Gasteiger partial charge < -0.3 is 15.6 Å². The summed E-state index contributed by atoms with van der Waals surface area (Å²) in [5.74, 6) is 0.861. The molecule has 0 aliphatic carbocycles. The van der Waals surface area contributed by atoms with Gasteiger partial charge in [-0.05, 0) is 13.0 Å². The number of fused-ring (bicyclic) bond motifs is 1. The van der Waals surface area contributed by atoms with Crippen molar-refractivity contribution in [3.8, 4) is 0 Å². The number of pyridine rings is 1. The molecule has 2 rings (SSSR count). The van der Waals surface area contributed by atoms with E-state index >= 15 is 0 Å². The largest absolute Gasteiger partial charge is 0.360 e. The van der Waals surface area contributed by atoms with E-state index in [4.69, 9.17) is 11.6 Å². The summed E-state index contributed by atoms with van der Waals surface area (Å²) >= 11 is 6.08. The summed E-state index contributed by atoms with van der Waals surface area (Å²) in [5.41, 5.74) is 4.62. The molecule has 0 saturated carbocycles. The number of nitrogens with zero attached hydrogens (tertiary/aromatic N) is 3. The minimum atomic E-state index is 0.127. The molecule has 5 nitrogen and oxygen atoms in total. The molecule has 1 atom stereocenters. The van der Waals surface area contributed by atoms with Crippen LogP contribution in [-0.4, -0.2) is 31.0 Å². The number of hydrogen-bond acceptors (Lipinski definition) is 4. The molecule has 16 heavy (non-hydrogen) atoms. The van der Waals surface area contributed by atoms with Crippen molar-refractivity contribution in [3.05, 3.63) is 17.4 Å². The lowest BCUT2D eigenvalue weighted by molar-refractivity contribution is 0.809. The Hall–Kier alpha value is -1.49. The molecule has 2 N–H and O–H groups in total. The van der Waals surface area contributed by atoms with Crippen molar-refractivity contribution in [3.63, 3.8) is 0 Å². The first-order valence-electron chi connectivity index (χ1n) is 5.04. The molecule has 0 saturated heterocycles. The molecule has 1 aromatic heterocycles. The highest BCUT2D eigenvalue weighted by Gasteiger charge is 2.27. The topological polar surface area (TPSA) is 52.6 Å². The maximum absolute atomic E-state index is 6.08. The van der Waals surface area contributed by atoms with Crippen LogP contribution in [0.25, 0.3) is 0 Å². The molecule has 0 aromatic carbocycles. The molecule has 1 aliphatic heterocycles. The van der Waals surface area contributed by atoms with E-state index in [-0.39, 0.29) is 6.04 Å². The Morgan fingerprint density at radius 1 is 1.62 bits per heavy atom. The third-order valence-corrected chi connectivity index (χ3v) is 2.98. The smallest absolute Gasteiger partial charge is 0.154 e. The van der Waals surface area contributed by atoms with Crippen molar-refractivity contribution in [1.29, 1.82) is 0 Å². The van der Waals surface area contributed by atoms with E-state index in [0.717, 1.165) is 17.2 Å². The van der Waals surface area contributed by atoms with Crippen LogP contribution in [0.4, 0.5) is 11.4 Å². The Morgan fingerprint density at radius 3 is 3.06 bits per heavy atom. The fourth-order valence-corrected chi connectivity index (χ4v) is 2.02. The second-order valence-corrected chi connectivity index (χ2v) is 3.99. The molecule has 0 bridgehead atoms. The van der Waals surface area contributed by atoms with Crippen molar-refractivity contribution in [2.75, 3.05) is 24.3 Å². The summed E-state index contributed by atoms with van der Waals surface area (Å²) in [4.78, 5) is 6.13. The summed E-state index contributed by atoms with van der Waals surface area (Å²) < 4.78 is 0. The van der Waals surface area contributed by atoms with Gasteiger partial charge in [0.25, 0.3) is 0 Å². The van der Waals surface area contributed by atoms with Crippen LogP contribution in [-0.2, 0) is 0 Å². The summed E-state index contributed by atoms with van der Waals surface area (Å²) in [6.07, 6.45) is 1.68. The first-order valence-corrected chi connectivity index (χ1v) is 5.41. The first kappa shape index (κ1) is 11.0. The van der Waals surface area contributed by atoms with Crippen LogP contribution in [0.1, 0.15) is 6.92 Å². The van der Waals surface area contributed by atoms with Crippen molar-refractivity contribution in [1.82, 2.24) is 10.4 Å². The Morgan fingerprint density at radius 2 is 2.38 bits per heavy atom. The van der Waals surface area contributed by atoms with Gasteiger partial charge in [0.15, 0.2) is 5.15 Å². The molecule has 2 heterocycles. The molecule has 1 aliphatic rings. The fourth-order valence-electron chi connectivity index (χ4n) is 1.73. The van der Waals surface area contributed by atoms with Gasteiger partial charge in [-0.2, -0.15) is 5.10 Å². The van der Waals surface area contributed by atoms with E-state index < -0.39 is 0 Å². The number of amidine groups is 1. The van der Waals surface area contributed by atoms with Gasteiger partial charge in [0.1, 0.15) is 5.84 Å². The quantitative estimate of drug-likeness (QED) is 0.576. The maximum Gasteiger partial charge on any atom is 0.154 e. The zero-order chi connectivity index (χ0) is 11.7. The number of likely N-dealkylation sites (N-methyl/N-ethyl adjacent to an activating group) is 1. The van der Waals surface area contributed by atoms with Crippen LogP contribution in [0.3, 0.4) is 0 Å². The zero-order valence-corrected chi connectivity index (χ0v) is 10.2. The zero-order valence-electron chi connectivity index (χ0n) is 9.45. The van der Waals surface area contributed by atoms with Crippen LogP contribution in [0.15, 0.2) is 17.4 Å². The number of halogens is 1. The number of rotatable bonds is 1. The highest BCUT2D eigenvalue weighted by molar-refractivity contribution is 6.33. The Balaban J connectivity index is 2.48. The predicted octanol–water partition coefficient (Wildman–Crippen LogP) is 1.52. The van der Waals surface area contributed by atoms with Crippen LogP contribution in [0.5, 0.6) is 0 Å². The standard InChI is InChI=1S/C10H14ClN5/c1-6-10(15-12-2)14-7-4-5-13-9(11)8(7)16(6)3/h4-6,12H,1-3H3,(H,14,15). The molecule has 6 heteroatoms. The first-order chi connectivity index (χ1) is 7.65. The normalized spacial score (nSPS) is 21.6. The third-order valence-electron chi connectivity index (χ3n) is 2.70. The lowest BCUT2D eigenvalue weighted by atomic mass is 10.1. The van der Waals surface area contributed by atoms with Crippen LogP contribution < -0.4 is 15.6 Å². The van der Waals surface area contributed by atoms with Crippen molar-refractivity contribution in [2.24, 2.45) is 5.10 Å². The summed E-state index contributed by atoms with van der Waals surface area (Å²) in [5, 5.41) is 7.94. The Bertz CT molecular complexity index is 431. The summed E-state index contributed by atoms with van der Waals surface area (Å²) in [6.45, 7) is 2.05. The molecule has 0 amide bonds. The Kier molecular flexibility index (Phi) is 2.87. The molecule has 0 spiro atoms. The van der Waals surface area contributed by atoms with Crippen molar-refractivity contribution >= 4 is 28.8 Å². The van der Waals surface area contributed by atoms with E-state index in [1.165, 1.54) is 0 Å². The average molecular weight is 240 g/mol. The molecule has 1 aromatic rings. The molecule has 86 valence electrons. The van der Waals surface area contributed by atoms with E-state index in [0.29, 0.717) is 5.15 Å². The number of hydrogen-bond donors (Lipinski definition) is 2. The molecule has 0 fully saturated rings. The molecule has 1 unspecified atom stereocenters. The van der Waals surface area contributed by atoms with Gasteiger partial charge in [-0.25, -0.2) is 4.98 Å². The van der Waals surface area contributed by atoms with E-state index in [1.807, 2.05) is 13.1 Å².